The zero-order valence-corrected chi connectivity index (χ0v) is 11.0. The van der Waals surface area contributed by atoms with Gasteiger partial charge >= 0.3 is 0 Å². The van der Waals surface area contributed by atoms with Gasteiger partial charge in [0.1, 0.15) is 0 Å². The molecule has 0 heterocycles. The first kappa shape index (κ1) is 15.8. The van der Waals surface area contributed by atoms with Gasteiger partial charge in [-0.05, 0) is 25.7 Å². The summed E-state index contributed by atoms with van der Waals surface area (Å²) < 4.78 is 5.30. The smallest absolute Gasteiger partial charge is 0.0897 e. The second-order valence-electron chi connectivity index (χ2n) is 5.30. The van der Waals surface area contributed by atoms with Gasteiger partial charge in [-0.15, -0.1) is 0 Å². The van der Waals surface area contributed by atoms with Gasteiger partial charge in [-0.3, -0.25) is 0 Å². The molecule has 0 rings (SSSR count). The predicted molar refractivity (Wildman–Crippen MR) is 65.4 cm³/mol. The lowest BCUT2D eigenvalue weighted by Gasteiger charge is -2.25. The van der Waals surface area contributed by atoms with Gasteiger partial charge in [0.15, 0.2) is 0 Å². The highest BCUT2D eigenvalue weighted by molar-refractivity contribution is 4.72. The number of aliphatic hydroxyl groups is 2. The average Bonchev–Trinajstić information content (AvgIpc) is 2.14. The fourth-order valence-corrected chi connectivity index (χ4v) is 1.33. The van der Waals surface area contributed by atoms with Crippen molar-refractivity contribution in [1.29, 1.82) is 0 Å². The van der Waals surface area contributed by atoms with Crippen LogP contribution in [0.25, 0.3) is 0 Å². The Hall–Kier alpha value is -0.160. The molecule has 3 N–H and O–H groups in total. The molecule has 0 spiro atoms. The maximum atomic E-state index is 9.59. The van der Waals surface area contributed by atoms with Gasteiger partial charge in [0.2, 0.25) is 0 Å². The summed E-state index contributed by atoms with van der Waals surface area (Å²) in [7, 11) is 0. The highest BCUT2D eigenvalue weighted by Gasteiger charge is 2.17. The van der Waals surface area contributed by atoms with E-state index in [1.165, 1.54) is 0 Å². The van der Waals surface area contributed by atoms with E-state index in [2.05, 4.69) is 19.2 Å². The van der Waals surface area contributed by atoms with Crippen molar-refractivity contribution in [3.63, 3.8) is 0 Å². The number of hydrogen-bond donors (Lipinski definition) is 3. The van der Waals surface area contributed by atoms with Crippen LogP contribution in [0.4, 0.5) is 0 Å². The molecule has 0 fully saturated rings. The Bertz CT molecular complexity index is 172. The molecule has 4 heteroatoms. The minimum atomic E-state index is -0.465. The minimum Gasteiger partial charge on any atom is -0.396 e. The van der Waals surface area contributed by atoms with Gasteiger partial charge in [-0.2, -0.15) is 0 Å². The van der Waals surface area contributed by atoms with Crippen LogP contribution < -0.4 is 5.32 Å². The van der Waals surface area contributed by atoms with Crippen molar-refractivity contribution in [2.45, 2.75) is 46.3 Å². The fourth-order valence-electron chi connectivity index (χ4n) is 1.33. The number of rotatable bonds is 9. The molecule has 0 saturated carbocycles. The molecule has 0 saturated heterocycles. The summed E-state index contributed by atoms with van der Waals surface area (Å²) in [5, 5.41) is 21.6. The zero-order chi connectivity index (χ0) is 12.6. The van der Waals surface area contributed by atoms with Gasteiger partial charge in [0.25, 0.3) is 0 Å². The van der Waals surface area contributed by atoms with Gasteiger partial charge in [-0.25, -0.2) is 0 Å². The molecule has 0 bridgehead atoms. The molecule has 1 unspecified atom stereocenters. The van der Waals surface area contributed by atoms with Crippen molar-refractivity contribution in [2.75, 3.05) is 26.3 Å². The standard InChI is InChI=1S/C12H27NO3/c1-10(2)16-8-11(15)7-13-9-12(3,4)5-6-14/h10-11,13-15H,5-9H2,1-4H3. The van der Waals surface area contributed by atoms with Gasteiger partial charge in [-0.1, -0.05) is 13.8 Å². The lowest BCUT2D eigenvalue weighted by Crippen LogP contribution is -2.37. The summed E-state index contributed by atoms with van der Waals surface area (Å²) >= 11 is 0. The van der Waals surface area contributed by atoms with Crippen LogP contribution in [0.3, 0.4) is 0 Å². The van der Waals surface area contributed by atoms with E-state index >= 15 is 0 Å². The molecule has 0 aliphatic carbocycles. The number of ether oxygens (including phenoxy) is 1. The van der Waals surface area contributed by atoms with E-state index in [1.807, 2.05) is 13.8 Å². The molecule has 0 aliphatic heterocycles. The SMILES string of the molecule is CC(C)OCC(O)CNCC(C)(C)CCO. The second kappa shape index (κ2) is 8.01. The Morgan fingerprint density at radius 3 is 2.44 bits per heavy atom. The molecule has 0 aromatic rings. The second-order valence-corrected chi connectivity index (χ2v) is 5.30. The van der Waals surface area contributed by atoms with E-state index in [-0.39, 0.29) is 18.1 Å². The molecular formula is C12H27NO3. The van der Waals surface area contributed by atoms with Crippen LogP contribution in [0, 0.1) is 5.41 Å². The minimum absolute atomic E-state index is 0.0629. The van der Waals surface area contributed by atoms with E-state index in [1.54, 1.807) is 0 Å². The molecule has 0 aromatic carbocycles. The van der Waals surface area contributed by atoms with Crippen molar-refractivity contribution in [3.8, 4) is 0 Å². The fraction of sp³-hybridized carbons (Fsp3) is 1.00. The molecule has 98 valence electrons. The van der Waals surface area contributed by atoms with Crippen LogP contribution in [-0.2, 0) is 4.74 Å². The van der Waals surface area contributed by atoms with Crippen molar-refractivity contribution in [1.82, 2.24) is 5.32 Å². The molecule has 0 radical (unpaired) electrons. The van der Waals surface area contributed by atoms with E-state index < -0.39 is 6.10 Å². The lowest BCUT2D eigenvalue weighted by molar-refractivity contribution is 0.00553. The molecule has 4 nitrogen and oxygen atoms in total. The Kier molecular flexibility index (Phi) is 7.93. The topological polar surface area (TPSA) is 61.7 Å². The summed E-state index contributed by atoms with van der Waals surface area (Å²) in [5.41, 5.74) is 0.0629. The Morgan fingerprint density at radius 2 is 1.94 bits per heavy atom. The third-order valence-electron chi connectivity index (χ3n) is 2.39. The quantitative estimate of drug-likeness (QED) is 0.550. The summed E-state index contributed by atoms with van der Waals surface area (Å²) in [6, 6.07) is 0. The molecule has 0 aromatic heterocycles. The molecule has 0 aliphatic rings. The summed E-state index contributed by atoms with van der Waals surface area (Å²) in [5.74, 6) is 0. The van der Waals surface area contributed by atoms with E-state index in [9.17, 15) is 5.11 Å². The molecule has 16 heavy (non-hydrogen) atoms. The molecule has 0 amide bonds. The highest BCUT2D eigenvalue weighted by atomic mass is 16.5. The number of hydrogen-bond acceptors (Lipinski definition) is 4. The van der Waals surface area contributed by atoms with Crippen LogP contribution in [0.1, 0.15) is 34.1 Å². The van der Waals surface area contributed by atoms with E-state index in [0.717, 1.165) is 13.0 Å². The first-order chi connectivity index (χ1) is 7.37. The van der Waals surface area contributed by atoms with Crippen LogP contribution in [-0.4, -0.2) is 48.7 Å². The van der Waals surface area contributed by atoms with Crippen LogP contribution in [0.5, 0.6) is 0 Å². The zero-order valence-electron chi connectivity index (χ0n) is 11.0. The number of nitrogens with one attached hydrogen (secondary N) is 1. The lowest BCUT2D eigenvalue weighted by atomic mass is 9.90. The Morgan fingerprint density at radius 1 is 1.31 bits per heavy atom. The largest absolute Gasteiger partial charge is 0.396 e. The van der Waals surface area contributed by atoms with Crippen LogP contribution >= 0.6 is 0 Å². The first-order valence-electron chi connectivity index (χ1n) is 5.98. The summed E-state index contributed by atoms with van der Waals surface area (Å²) in [4.78, 5) is 0. The third-order valence-corrected chi connectivity index (χ3v) is 2.39. The van der Waals surface area contributed by atoms with Crippen molar-refractivity contribution in [2.24, 2.45) is 5.41 Å². The predicted octanol–water partition coefficient (Wildman–Crippen LogP) is 0.770. The Labute approximate surface area is 99.0 Å². The van der Waals surface area contributed by atoms with Crippen LogP contribution in [0.15, 0.2) is 0 Å². The summed E-state index contributed by atoms with van der Waals surface area (Å²) in [6.45, 7) is 9.96. The maximum absolute atomic E-state index is 9.59. The molecule has 1 atom stereocenters. The van der Waals surface area contributed by atoms with Gasteiger partial charge in [0, 0.05) is 19.7 Å². The maximum Gasteiger partial charge on any atom is 0.0897 e. The van der Waals surface area contributed by atoms with E-state index in [4.69, 9.17) is 9.84 Å². The van der Waals surface area contributed by atoms with Gasteiger partial charge in [0.05, 0.1) is 18.8 Å². The highest BCUT2D eigenvalue weighted by Crippen LogP contribution is 2.17. The first-order valence-corrected chi connectivity index (χ1v) is 5.98. The van der Waals surface area contributed by atoms with Crippen molar-refractivity contribution < 1.29 is 14.9 Å². The van der Waals surface area contributed by atoms with E-state index in [0.29, 0.717) is 13.2 Å². The third kappa shape index (κ3) is 9.09. The normalized spacial score (nSPS) is 14.4. The monoisotopic (exact) mass is 233 g/mol. The number of aliphatic hydroxyl groups excluding tert-OH is 2. The Balaban J connectivity index is 3.57. The molecular weight excluding hydrogens is 206 g/mol. The van der Waals surface area contributed by atoms with Crippen molar-refractivity contribution >= 4 is 0 Å². The van der Waals surface area contributed by atoms with Crippen LogP contribution in [0.2, 0.25) is 0 Å². The summed E-state index contributed by atoms with van der Waals surface area (Å²) in [6.07, 6.45) is 0.450. The van der Waals surface area contributed by atoms with Gasteiger partial charge < -0.3 is 20.3 Å². The van der Waals surface area contributed by atoms with Crippen molar-refractivity contribution in [3.05, 3.63) is 0 Å². The average molecular weight is 233 g/mol.